The summed E-state index contributed by atoms with van der Waals surface area (Å²) in [6, 6.07) is 5.81. The molecule has 1 fully saturated rings. The van der Waals surface area contributed by atoms with Crippen LogP contribution in [-0.2, 0) is 0 Å². The highest BCUT2D eigenvalue weighted by Gasteiger charge is 2.22. The maximum atomic E-state index is 13.7. The lowest BCUT2D eigenvalue weighted by Gasteiger charge is -2.29. The number of unbranched alkanes of at least 4 members (excludes halogenated alkanes) is 4. The van der Waals surface area contributed by atoms with Gasteiger partial charge in [0.05, 0.1) is 0 Å². The van der Waals surface area contributed by atoms with Crippen molar-refractivity contribution in [3.8, 4) is 0 Å². The summed E-state index contributed by atoms with van der Waals surface area (Å²) in [5.74, 6) is 1.47. The largest absolute Gasteiger partial charge is 0.206 e. The second-order valence-corrected chi connectivity index (χ2v) is 7.76. The van der Waals surface area contributed by atoms with Crippen LogP contribution in [-0.4, -0.2) is 0 Å². The molecule has 0 aliphatic heterocycles. The fourth-order valence-corrected chi connectivity index (χ4v) is 3.92. The van der Waals surface area contributed by atoms with Crippen LogP contribution in [0.3, 0.4) is 0 Å². The van der Waals surface area contributed by atoms with E-state index in [2.05, 4.69) is 35.6 Å². The summed E-state index contributed by atoms with van der Waals surface area (Å²) in [5, 5.41) is 0. The molecule has 0 unspecified atom stereocenters. The molecule has 0 aromatic heterocycles. The molecule has 0 heterocycles. The SMILES string of the molecule is CCCCCCCC1CCC(c2ccc(I)c(F)c2)CC1. The lowest BCUT2D eigenvalue weighted by atomic mass is 9.77. The van der Waals surface area contributed by atoms with Crippen molar-refractivity contribution in [3.63, 3.8) is 0 Å². The molecule has 0 N–H and O–H groups in total. The summed E-state index contributed by atoms with van der Waals surface area (Å²) in [5.41, 5.74) is 1.22. The molecular formula is C19H28FI. The Bertz CT molecular complexity index is 422. The van der Waals surface area contributed by atoms with Gasteiger partial charge in [0.25, 0.3) is 0 Å². The van der Waals surface area contributed by atoms with E-state index in [4.69, 9.17) is 0 Å². The molecule has 0 nitrogen and oxygen atoms in total. The van der Waals surface area contributed by atoms with E-state index < -0.39 is 0 Å². The van der Waals surface area contributed by atoms with Gasteiger partial charge >= 0.3 is 0 Å². The van der Waals surface area contributed by atoms with Crippen molar-refractivity contribution in [2.75, 3.05) is 0 Å². The number of rotatable bonds is 7. The average Bonchev–Trinajstić information content (AvgIpc) is 2.50. The highest BCUT2D eigenvalue weighted by molar-refractivity contribution is 14.1. The van der Waals surface area contributed by atoms with Crippen LogP contribution < -0.4 is 0 Å². The summed E-state index contributed by atoms with van der Waals surface area (Å²) in [4.78, 5) is 0. The van der Waals surface area contributed by atoms with Crippen LogP contribution in [0.1, 0.15) is 82.6 Å². The molecule has 1 aliphatic carbocycles. The third-order valence-electron chi connectivity index (χ3n) is 4.98. The van der Waals surface area contributed by atoms with E-state index in [1.165, 1.54) is 69.8 Å². The molecule has 1 saturated carbocycles. The molecule has 118 valence electrons. The first kappa shape index (κ1) is 17.2. The first-order chi connectivity index (χ1) is 10.2. The third-order valence-corrected chi connectivity index (χ3v) is 5.85. The molecule has 0 atom stereocenters. The second-order valence-electron chi connectivity index (χ2n) is 6.59. The predicted octanol–water partition coefficient (Wildman–Crippen LogP) is 7.06. The van der Waals surface area contributed by atoms with Crippen LogP contribution in [0, 0.1) is 15.3 Å². The zero-order valence-corrected chi connectivity index (χ0v) is 15.4. The van der Waals surface area contributed by atoms with E-state index in [1.54, 1.807) is 6.07 Å². The van der Waals surface area contributed by atoms with Gasteiger partial charge < -0.3 is 0 Å². The Hall–Kier alpha value is -0.120. The second kappa shape index (κ2) is 9.12. The van der Waals surface area contributed by atoms with Crippen molar-refractivity contribution in [1.29, 1.82) is 0 Å². The van der Waals surface area contributed by atoms with Gasteiger partial charge in [0.2, 0.25) is 0 Å². The first-order valence-electron chi connectivity index (χ1n) is 8.65. The minimum Gasteiger partial charge on any atom is -0.206 e. The zero-order valence-electron chi connectivity index (χ0n) is 13.2. The Morgan fingerprint density at radius 1 is 1.05 bits per heavy atom. The molecular weight excluding hydrogens is 374 g/mol. The molecule has 0 spiro atoms. The van der Waals surface area contributed by atoms with E-state index in [9.17, 15) is 4.39 Å². The molecule has 2 rings (SSSR count). The van der Waals surface area contributed by atoms with Crippen LogP contribution in [0.15, 0.2) is 18.2 Å². The normalized spacial score (nSPS) is 22.4. The van der Waals surface area contributed by atoms with Crippen molar-refractivity contribution in [1.82, 2.24) is 0 Å². The summed E-state index contributed by atoms with van der Waals surface area (Å²) < 4.78 is 14.4. The molecule has 21 heavy (non-hydrogen) atoms. The Labute approximate surface area is 143 Å². The standard InChI is InChI=1S/C19H28FI/c1-2-3-4-5-6-7-15-8-10-16(11-9-15)17-12-13-19(21)18(20)14-17/h12-16H,2-11H2,1H3. The number of benzene rings is 1. The van der Waals surface area contributed by atoms with E-state index in [1.807, 2.05) is 6.07 Å². The molecule has 1 aromatic carbocycles. The van der Waals surface area contributed by atoms with Gasteiger partial charge in [0, 0.05) is 3.57 Å². The minimum absolute atomic E-state index is 0.0499. The van der Waals surface area contributed by atoms with Crippen LogP contribution in [0.25, 0.3) is 0 Å². The number of hydrogen-bond acceptors (Lipinski definition) is 0. The number of halogens is 2. The topological polar surface area (TPSA) is 0 Å². The van der Waals surface area contributed by atoms with E-state index in [0.29, 0.717) is 5.92 Å². The Balaban J connectivity index is 1.71. The lowest BCUT2D eigenvalue weighted by molar-refractivity contribution is 0.301. The molecule has 0 saturated heterocycles. The summed E-state index contributed by atoms with van der Waals surface area (Å²) in [7, 11) is 0. The smallest absolute Gasteiger partial charge is 0.136 e. The third kappa shape index (κ3) is 5.54. The van der Waals surface area contributed by atoms with Crippen LogP contribution >= 0.6 is 22.6 Å². The summed E-state index contributed by atoms with van der Waals surface area (Å²) in [6.45, 7) is 2.27. The van der Waals surface area contributed by atoms with Crippen LogP contribution in [0.2, 0.25) is 0 Å². The first-order valence-corrected chi connectivity index (χ1v) is 9.73. The van der Waals surface area contributed by atoms with Gasteiger partial charge in [0.1, 0.15) is 5.82 Å². The number of hydrogen-bond donors (Lipinski definition) is 0. The van der Waals surface area contributed by atoms with Gasteiger partial charge in [-0.05, 0) is 77.8 Å². The average molecular weight is 402 g/mol. The van der Waals surface area contributed by atoms with Crippen molar-refractivity contribution in [2.45, 2.75) is 77.0 Å². The molecule has 0 bridgehead atoms. The summed E-state index contributed by atoms with van der Waals surface area (Å²) >= 11 is 2.06. The maximum absolute atomic E-state index is 13.7. The fraction of sp³-hybridized carbons (Fsp3) is 0.684. The minimum atomic E-state index is -0.0499. The van der Waals surface area contributed by atoms with Crippen molar-refractivity contribution >= 4 is 22.6 Å². The van der Waals surface area contributed by atoms with Gasteiger partial charge in [0.15, 0.2) is 0 Å². The van der Waals surface area contributed by atoms with E-state index in [0.717, 1.165) is 9.49 Å². The Morgan fingerprint density at radius 2 is 1.76 bits per heavy atom. The predicted molar refractivity (Wildman–Crippen MR) is 97.2 cm³/mol. The molecule has 0 amide bonds. The van der Waals surface area contributed by atoms with Gasteiger partial charge in [-0.25, -0.2) is 4.39 Å². The van der Waals surface area contributed by atoms with Crippen LogP contribution in [0.5, 0.6) is 0 Å². The Kier molecular flexibility index (Phi) is 7.48. The van der Waals surface area contributed by atoms with E-state index in [-0.39, 0.29) is 5.82 Å². The van der Waals surface area contributed by atoms with Gasteiger partial charge in [-0.15, -0.1) is 0 Å². The van der Waals surface area contributed by atoms with Crippen molar-refractivity contribution in [3.05, 3.63) is 33.1 Å². The zero-order chi connectivity index (χ0) is 15.1. The van der Waals surface area contributed by atoms with E-state index >= 15 is 0 Å². The highest BCUT2D eigenvalue weighted by atomic mass is 127. The fourth-order valence-electron chi connectivity index (χ4n) is 3.59. The highest BCUT2D eigenvalue weighted by Crippen LogP contribution is 2.38. The quantitative estimate of drug-likeness (QED) is 0.338. The molecule has 2 heteroatoms. The summed E-state index contributed by atoms with van der Waals surface area (Å²) in [6.07, 6.45) is 13.6. The van der Waals surface area contributed by atoms with Crippen LogP contribution in [0.4, 0.5) is 4.39 Å². The monoisotopic (exact) mass is 402 g/mol. The molecule has 1 aromatic rings. The van der Waals surface area contributed by atoms with Gasteiger partial charge in [-0.1, -0.05) is 51.5 Å². The van der Waals surface area contributed by atoms with Crippen molar-refractivity contribution < 1.29 is 4.39 Å². The van der Waals surface area contributed by atoms with Crippen molar-refractivity contribution in [2.24, 2.45) is 5.92 Å². The lowest BCUT2D eigenvalue weighted by Crippen LogP contribution is -2.13. The molecule has 1 aliphatic rings. The molecule has 0 radical (unpaired) electrons. The Morgan fingerprint density at radius 3 is 2.43 bits per heavy atom. The van der Waals surface area contributed by atoms with Gasteiger partial charge in [-0.3, -0.25) is 0 Å². The van der Waals surface area contributed by atoms with Gasteiger partial charge in [-0.2, -0.15) is 0 Å². The maximum Gasteiger partial charge on any atom is 0.136 e.